The Kier molecular flexibility index (Phi) is 5.18. The number of hydrogen-bond donors (Lipinski definition) is 2. The number of nitrogens with zero attached hydrogens (tertiary/aromatic N) is 1. The van der Waals surface area contributed by atoms with Gasteiger partial charge in [0, 0.05) is 28.9 Å². The Balaban J connectivity index is 1.51. The van der Waals surface area contributed by atoms with Crippen LogP contribution in [0.5, 0.6) is 0 Å². The standard InChI is InChI=1S/C18H20BrN3O/c19-16-5-1-2-6-17(16)21-18(23)13-20-14-7-9-15(10-8-14)22-11-3-4-12-22/h1-2,5-10,20H,3-4,11-13H2,(H,21,23). The van der Waals surface area contributed by atoms with Crippen molar-refractivity contribution < 1.29 is 4.79 Å². The predicted molar refractivity (Wildman–Crippen MR) is 99.2 cm³/mol. The van der Waals surface area contributed by atoms with Crippen molar-refractivity contribution in [3.63, 3.8) is 0 Å². The summed E-state index contributed by atoms with van der Waals surface area (Å²) in [6.07, 6.45) is 2.55. The Labute approximate surface area is 145 Å². The van der Waals surface area contributed by atoms with Crippen LogP contribution < -0.4 is 15.5 Å². The molecular weight excluding hydrogens is 354 g/mol. The molecule has 0 atom stereocenters. The van der Waals surface area contributed by atoms with Crippen LogP contribution in [0, 0.1) is 0 Å². The summed E-state index contributed by atoms with van der Waals surface area (Å²) in [5, 5.41) is 6.04. The molecule has 0 unspecified atom stereocenters. The van der Waals surface area contributed by atoms with Crippen molar-refractivity contribution in [3.05, 3.63) is 53.0 Å². The van der Waals surface area contributed by atoms with Crippen molar-refractivity contribution in [1.82, 2.24) is 0 Å². The summed E-state index contributed by atoms with van der Waals surface area (Å²) in [4.78, 5) is 14.4. The second kappa shape index (κ2) is 7.51. The van der Waals surface area contributed by atoms with Gasteiger partial charge in [-0.2, -0.15) is 0 Å². The minimum atomic E-state index is -0.0690. The summed E-state index contributed by atoms with van der Waals surface area (Å²) < 4.78 is 0.878. The lowest BCUT2D eigenvalue weighted by Gasteiger charge is -2.18. The number of rotatable bonds is 5. The average Bonchev–Trinajstić information content (AvgIpc) is 3.10. The zero-order valence-electron chi connectivity index (χ0n) is 12.9. The topological polar surface area (TPSA) is 44.4 Å². The summed E-state index contributed by atoms with van der Waals surface area (Å²) in [6.45, 7) is 2.52. The van der Waals surface area contributed by atoms with Crippen molar-refractivity contribution in [1.29, 1.82) is 0 Å². The van der Waals surface area contributed by atoms with E-state index in [-0.39, 0.29) is 12.5 Å². The van der Waals surface area contributed by atoms with Crippen LogP contribution in [0.3, 0.4) is 0 Å². The summed E-state index contributed by atoms with van der Waals surface area (Å²) >= 11 is 3.42. The van der Waals surface area contributed by atoms with Crippen molar-refractivity contribution in [2.75, 3.05) is 35.2 Å². The van der Waals surface area contributed by atoms with E-state index in [0.29, 0.717) is 0 Å². The number of para-hydroxylation sites is 1. The van der Waals surface area contributed by atoms with E-state index in [2.05, 4.69) is 43.6 Å². The van der Waals surface area contributed by atoms with Gasteiger partial charge in [-0.25, -0.2) is 0 Å². The summed E-state index contributed by atoms with van der Waals surface area (Å²) in [5.41, 5.74) is 2.99. The monoisotopic (exact) mass is 373 g/mol. The van der Waals surface area contributed by atoms with Crippen LogP contribution in [-0.4, -0.2) is 25.5 Å². The number of anilines is 3. The zero-order valence-corrected chi connectivity index (χ0v) is 14.5. The molecular formula is C18H20BrN3O. The molecule has 3 rings (SSSR count). The summed E-state index contributed by atoms with van der Waals surface area (Å²) in [7, 11) is 0. The molecule has 0 aliphatic carbocycles. The van der Waals surface area contributed by atoms with Crippen molar-refractivity contribution in [3.8, 4) is 0 Å². The minimum Gasteiger partial charge on any atom is -0.376 e. The Hall–Kier alpha value is -2.01. The first-order valence-corrected chi connectivity index (χ1v) is 8.65. The van der Waals surface area contributed by atoms with Gasteiger partial charge in [-0.15, -0.1) is 0 Å². The highest BCUT2D eigenvalue weighted by atomic mass is 79.9. The fourth-order valence-electron chi connectivity index (χ4n) is 2.70. The van der Waals surface area contributed by atoms with Gasteiger partial charge in [0.2, 0.25) is 5.91 Å². The number of benzene rings is 2. The summed E-state index contributed by atoms with van der Waals surface area (Å²) in [5.74, 6) is -0.0690. The molecule has 1 amide bonds. The maximum Gasteiger partial charge on any atom is 0.243 e. The molecule has 2 aromatic rings. The maximum absolute atomic E-state index is 12.0. The van der Waals surface area contributed by atoms with Crippen LogP contribution in [0.2, 0.25) is 0 Å². The van der Waals surface area contributed by atoms with Gasteiger partial charge in [-0.3, -0.25) is 4.79 Å². The van der Waals surface area contributed by atoms with E-state index in [4.69, 9.17) is 0 Å². The highest BCUT2D eigenvalue weighted by Gasteiger charge is 2.11. The minimum absolute atomic E-state index is 0.0690. The van der Waals surface area contributed by atoms with Gasteiger partial charge in [0.05, 0.1) is 12.2 Å². The molecule has 2 N–H and O–H groups in total. The maximum atomic E-state index is 12.0. The lowest BCUT2D eigenvalue weighted by Crippen LogP contribution is -2.22. The van der Waals surface area contributed by atoms with Gasteiger partial charge in [0.25, 0.3) is 0 Å². The van der Waals surface area contributed by atoms with Crippen molar-refractivity contribution in [2.24, 2.45) is 0 Å². The molecule has 0 radical (unpaired) electrons. The molecule has 0 bridgehead atoms. The molecule has 1 heterocycles. The first-order valence-electron chi connectivity index (χ1n) is 7.85. The lowest BCUT2D eigenvalue weighted by molar-refractivity contribution is -0.114. The Bertz CT molecular complexity index is 666. The second-order valence-corrected chi connectivity index (χ2v) is 6.48. The van der Waals surface area contributed by atoms with E-state index in [1.807, 2.05) is 36.4 Å². The predicted octanol–water partition coefficient (Wildman–Crippen LogP) is 4.10. The molecule has 23 heavy (non-hydrogen) atoms. The third-order valence-corrected chi connectivity index (χ3v) is 4.63. The number of hydrogen-bond acceptors (Lipinski definition) is 3. The molecule has 0 spiro atoms. The molecule has 0 saturated carbocycles. The third-order valence-electron chi connectivity index (χ3n) is 3.94. The number of nitrogens with one attached hydrogen (secondary N) is 2. The smallest absolute Gasteiger partial charge is 0.243 e. The first kappa shape index (κ1) is 15.9. The molecule has 1 saturated heterocycles. The van der Waals surface area contributed by atoms with Crippen LogP contribution in [0.1, 0.15) is 12.8 Å². The van der Waals surface area contributed by atoms with Gasteiger partial charge in [0.1, 0.15) is 0 Å². The largest absolute Gasteiger partial charge is 0.376 e. The number of carbonyl (C=O) groups is 1. The fourth-order valence-corrected chi connectivity index (χ4v) is 3.09. The summed E-state index contributed by atoms with van der Waals surface area (Å²) in [6, 6.07) is 15.9. The average molecular weight is 374 g/mol. The first-order chi connectivity index (χ1) is 11.2. The van der Waals surface area contributed by atoms with E-state index in [0.717, 1.165) is 28.9 Å². The lowest BCUT2D eigenvalue weighted by atomic mass is 10.2. The molecule has 4 nitrogen and oxygen atoms in total. The molecule has 1 aliphatic heterocycles. The SMILES string of the molecule is O=C(CNc1ccc(N2CCCC2)cc1)Nc1ccccc1Br. The Morgan fingerprint density at radius 2 is 1.74 bits per heavy atom. The van der Waals surface area contributed by atoms with E-state index in [1.165, 1.54) is 18.5 Å². The third kappa shape index (κ3) is 4.26. The zero-order chi connectivity index (χ0) is 16.1. The Morgan fingerprint density at radius 3 is 2.43 bits per heavy atom. The highest BCUT2D eigenvalue weighted by Crippen LogP contribution is 2.22. The van der Waals surface area contributed by atoms with E-state index in [1.54, 1.807) is 0 Å². The van der Waals surface area contributed by atoms with Gasteiger partial charge >= 0.3 is 0 Å². The molecule has 2 aromatic carbocycles. The number of halogens is 1. The van der Waals surface area contributed by atoms with Gasteiger partial charge in [0.15, 0.2) is 0 Å². The van der Waals surface area contributed by atoms with Gasteiger partial charge < -0.3 is 15.5 Å². The fraction of sp³-hybridized carbons (Fsp3) is 0.278. The van der Waals surface area contributed by atoms with Crippen molar-refractivity contribution >= 4 is 38.9 Å². The van der Waals surface area contributed by atoms with Crippen LogP contribution in [0.25, 0.3) is 0 Å². The van der Waals surface area contributed by atoms with Crippen LogP contribution in [0.15, 0.2) is 53.0 Å². The van der Waals surface area contributed by atoms with Crippen LogP contribution >= 0.6 is 15.9 Å². The molecule has 1 fully saturated rings. The molecule has 5 heteroatoms. The van der Waals surface area contributed by atoms with Gasteiger partial charge in [-0.1, -0.05) is 12.1 Å². The van der Waals surface area contributed by atoms with E-state index < -0.39 is 0 Å². The molecule has 120 valence electrons. The number of carbonyl (C=O) groups excluding carboxylic acids is 1. The van der Waals surface area contributed by atoms with Crippen LogP contribution in [0.4, 0.5) is 17.1 Å². The highest BCUT2D eigenvalue weighted by molar-refractivity contribution is 9.10. The van der Waals surface area contributed by atoms with Crippen LogP contribution in [-0.2, 0) is 4.79 Å². The van der Waals surface area contributed by atoms with E-state index in [9.17, 15) is 4.79 Å². The van der Waals surface area contributed by atoms with Gasteiger partial charge in [-0.05, 0) is 65.2 Å². The van der Waals surface area contributed by atoms with E-state index >= 15 is 0 Å². The quantitative estimate of drug-likeness (QED) is 0.828. The second-order valence-electron chi connectivity index (χ2n) is 5.62. The Morgan fingerprint density at radius 1 is 1.04 bits per heavy atom. The molecule has 1 aliphatic rings. The normalized spacial score (nSPS) is 13.9. The molecule has 0 aromatic heterocycles. The number of amides is 1. The van der Waals surface area contributed by atoms with Crippen molar-refractivity contribution in [2.45, 2.75) is 12.8 Å².